The fraction of sp³-hybridized carbons (Fsp3) is 0.714. The van der Waals surface area contributed by atoms with Gasteiger partial charge in [-0.1, -0.05) is 0 Å². The molecule has 0 saturated carbocycles. The molecule has 5 nitrogen and oxygen atoms in total. The summed E-state index contributed by atoms with van der Waals surface area (Å²) in [5.41, 5.74) is 5.15. The summed E-state index contributed by atoms with van der Waals surface area (Å²) >= 11 is 0. The number of carbonyl (C=O) groups excluding carboxylic acids is 2. The molecule has 5 heteroatoms. The van der Waals surface area contributed by atoms with Gasteiger partial charge in [0.15, 0.2) is 0 Å². The molecule has 0 atom stereocenters. The van der Waals surface area contributed by atoms with E-state index in [0.717, 1.165) is 0 Å². The van der Waals surface area contributed by atoms with Crippen LogP contribution in [0.25, 0.3) is 0 Å². The van der Waals surface area contributed by atoms with Gasteiger partial charge in [-0.25, -0.2) is 0 Å². The minimum absolute atomic E-state index is 0.118. The van der Waals surface area contributed by atoms with Crippen LogP contribution in [0.3, 0.4) is 0 Å². The van der Waals surface area contributed by atoms with Gasteiger partial charge in [0.25, 0.3) is 0 Å². The van der Waals surface area contributed by atoms with Crippen LogP contribution < -0.4 is 11.1 Å². The normalized spacial score (nSPS) is 9.17. The Labute approximate surface area is 71.3 Å². The van der Waals surface area contributed by atoms with Crippen molar-refractivity contribution in [2.45, 2.75) is 12.8 Å². The number of ether oxygens (including phenoxy) is 1. The van der Waals surface area contributed by atoms with Crippen molar-refractivity contribution in [2.75, 3.05) is 20.2 Å². The Morgan fingerprint density at radius 2 is 2.08 bits per heavy atom. The van der Waals surface area contributed by atoms with E-state index in [1.54, 1.807) is 0 Å². The molecule has 0 saturated heterocycles. The molecule has 0 heterocycles. The molecule has 0 aromatic rings. The first kappa shape index (κ1) is 10.9. The zero-order valence-corrected chi connectivity index (χ0v) is 7.13. The Morgan fingerprint density at radius 1 is 1.42 bits per heavy atom. The highest BCUT2D eigenvalue weighted by Crippen LogP contribution is 1.90. The number of rotatable bonds is 5. The van der Waals surface area contributed by atoms with E-state index in [0.29, 0.717) is 13.1 Å². The number of carbonyl (C=O) groups is 2. The van der Waals surface area contributed by atoms with E-state index in [-0.39, 0.29) is 24.7 Å². The van der Waals surface area contributed by atoms with Gasteiger partial charge >= 0.3 is 5.97 Å². The first-order valence-corrected chi connectivity index (χ1v) is 3.74. The second-order valence-corrected chi connectivity index (χ2v) is 2.21. The third kappa shape index (κ3) is 5.67. The van der Waals surface area contributed by atoms with Crippen LogP contribution in [0, 0.1) is 0 Å². The topological polar surface area (TPSA) is 81.4 Å². The summed E-state index contributed by atoms with van der Waals surface area (Å²) in [6.07, 6.45) is 0.277. The summed E-state index contributed by atoms with van der Waals surface area (Å²) in [7, 11) is 1.29. The molecule has 0 fully saturated rings. The molecule has 1 amide bonds. The van der Waals surface area contributed by atoms with Crippen molar-refractivity contribution in [3.05, 3.63) is 0 Å². The van der Waals surface area contributed by atoms with Crippen molar-refractivity contribution >= 4 is 11.9 Å². The molecule has 0 aliphatic carbocycles. The lowest BCUT2D eigenvalue weighted by Gasteiger charge is -2.01. The number of methoxy groups -OCH3 is 1. The van der Waals surface area contributed by atoms with Crippen LogP contribution in [0.2, 0.25) is 0 Å². The maximum absolute atomic E-state index is 10.8. The SMILES string of the molecule is COC(=O)CCC(=O)NCCN. The predicted octanol–water partition coefficient (Wildman–Crippen LogP) is -0.985. The summed E-state index contributed by atoms with van der Waals surface area (Å²) in [4.78, 5) is 21.4. The van der Waals surface area contributed by atoms with E-state index in [1.165, 1.54) is 7.11 Å². The molecule has 0 aromatic carbocycles. The van der Waals surface area contributed by atoms with E-state index in [9.17, 15) is 9.59 Å². The molecular formula is C7H14N2O3. The highest BCUT2D eigenvalue weighted by atomic mass is 16.5. The zero-order chi connectivity index (χ0) is 9.40. The van der Waals surface area contributed by atoms with Crippen LogP contribution in [0.5, 0.6) is 0 Å². The molecule has 0 aliphatic heterocycles. The molecule has 12 heavy (non-hydrogen) atoms. The average Bonchev–Trinajstić information content (AvgIpc) is 2.10. The van der Waals surface area contributed by atoms with Gasteiger partial charge in [-0.3, -0.25) is 9.59 Å². The fourth-order valence-electron chi connectivity index (χ4n) is 0.618. The first-order chi connectivity index (χ1) is 5.70. The van der Waals surface area contributed by atoms with Gasteiger partial charge < -0.3 is 15.8 Å². The lowest BCUT2D eigenvalue weighted by molar-refractivity contribution is -0.142. The minimum Gasteiger partial charge on any atom is -0.469 e. The first-order valence-electron chi connectivity index (χ1n) is 3.74. The number of nitrogens with two attached hydrogens (primary N) is 1. The molecule has 0 unspecified atom stereocenters. The Hall–Kier alpha value is -1.10. The van der Waals surface area contributed by atoms with Gasteiger partial charge in [-0.05, 0) is 0 Å². The van der Waals surface area contributed by atoms with Crippen molar-refractivity contribution in [3.63, 3.8) is 0 Å². The zero-order valence-electron chi connectivity index (χ0n) is 7.13. The lowest BCUT2D eigenvalue weighted by atomic mass is 10.3. The van der Waals surface area contributed by atoms with Gasteiger partial charge in [0.1, 0.15) is 0 Å². The van der Waals surface area contributed by atoms with Crippen molar-refractivity contribution in [2.24, 2.45) is 5.73 Å². The van der Waals surface area contributed by atoms with E-state index in [4.69, 9.17) is 5.73 Å². The summed E-state index contributed by atoms with van der Waals surface area (Å²) in [6.45, 7) is 0.851. The Morgan fingerprint density at radius 3 is 2.58 bits per heavy atom. The van der Waals surface area contributed by atoms with Crippen molar-refractivity contribution < 1.29 is 14.3 Å². The fourth-order valence-corrected chi connectivity index (χ4v) is 0.618. The van der Waals surface area contributed by atoms with Gasteiger partial charge in [-0.2, -0.15) is 0 Å². The van der Waals surface area contributed by atoms with Crippen molar-refractivity contribution in [1.29, 1.82) is 0 Å². The van der Waals surface area contributed by atoms with E-state index in [1.807, 2.05) is 0 Å². The maximum Gasteiger partial charge on any atom is 0.306 e. The van der Waals surface area contributed by atoms with Gasteiger partial charge in [0.05, 0.1) is 13.5 Å². The molecule has 0 spiro atoms. The predicted molar refractivity (Wildman–Crippen MR) is 43.3 cm³/mol. The molecule has 3 N–H and O–H groups in total. The Balaban J connectivity index is 3.37. The third-order valence-electron chi connectivity index (χ3n) is 1.25. The molecule has 70 valence electrons. The van der Waals surface area contributed by atoms with Crippen LogP contribution in [-0.4, -0.2) is 32.1 Å². The van der Waals surface area contributed by atoms with Gasteiger partial charge in [-0.15, -0.1) is 0 Å². The van der Waals surface area contributed by atoms with Crippen LogP contribution in [0.15, 0.2) is 0 Å². The quantitative estimate of drug-likeness (QED) is 0.524. The lowest BCUT2D eigenvalue weighted by Crippen LogP contribution is -2.29. The van der Waals surface area contributed by atoms with E-state index in [2.05, 4.69) is 10.1 Å². The van der Waals surface area contributed by atoms with Crippen LogP contribution in [0.1, 0.15) is 12.8 Å². The summed E-state index contributed by atoms with van der Waals surface area (Å²) in [6, 6.07) is 0. The number of amides is 1. The maximum atomic E-state index is 10.8. The van der Waals surface area contributed by atoms with E-state index >= 15 is 0 Å². The smallest absolute Gasteiger partial charge is 0.306 e. The van der Waals surface area contributed by atoms with Gasteiger partial charge in [0, 0.05) is 19.5 Å². The average molecular weight is 174 g/mol. The summed E-state index contributed by atoms with van der Waals surface area (Å²) < 4.78 is 4.36. The monoisotopic (exact) mass is 174 g/mol. The highest BCUT2D eigenvalue weighted by Gasteiger charge is 2.04. The summed E-state index contributed by atoms with van der Waals surface area (Å²) in [5.74, 6) is -0.552. The standard InChI is InChI=1S/C7H14N2O3/c1-12-7(11)3-2-6(10)9-5-4-8/h2-5,8H2,1H3,(H,9,10). The second kappa shape index (κ2) is 6.60. The van der Waals surface area contributed by atoms with Gasteiger partial charge in [0.2, 0.25) is 5.91 Å². The highest BCUT2D eigenvalue weighted by molar-refractivity contribution is 5.81. The van der Waals surface area contributed by atoms with E-state index < -0.39 is 0 Å². The molecule has 0 bridgehead atoms. The molecular weight excluding hydrogens is 160 g/mol. The third-order valence-corrected chi connectivity index (χ3v) is 1.25. The molecule has 0 radical (unpaired) electrons. The number of hydrogen-bond donors (Lipinski definition) is 2. The van der Waals surface area contributed by atoms with Crippen molar-refractivity contribution in [3.8, 4) is 0 Å². The Kier molecular flexibility index (Phi) is 6.00. The summed E-state index contributed by atoms with van der Waals surface area (Å²) in [5, 5.41) is 2.54. The second-order valence-electron chi connectivity index (χ2n) is 2.21. The van der Waals surface area contributed by atoms with Crippen molar-refractivity contribution in [1.82, 2.24) is 5.32 Å². The minimum atomic E-state index is -0.377. The number of hydrogen-bond acceptors (Lipinski definition) is 4. The van der Waals surface area contributed by atoms with Crippen LogP contribution >= 0.6 is 0 Å². The molecule has 0 aliphatic rings. The van der Waals surface area contributed by atoms with Crippen LogP contribution in [0.4, 0.5) is 0 Å². The number of nitrogens with one attached hydrogen (secondary N) is 1. The van der Waals surface area contributed by atoms with Crippen LogP contribution in [-0.2, 0) is 14.3 Å². The Bertz CT molecular complexity index is 159. The molecule has 0 aromatic heterocycles. The number of esters is 1. The largest absolute Gasteiger partial charge is 0.469 e. The molecule has 0 rings (SSSR count).